The molecular weight excluding hydrogens is 269 g/mol. The fourth-order valence-corrected chi connectivity index (χ4v) is 3.54. The Morgan fingerprint density at radius 3 is 2.12 bits per heavy atom. The Labute approximate surface area is 106 Å². The zero-order valence-electron chi connectivity index (χ0n) is 10.3. The van der Waals surface area contributed by atoms with Crippen LogP contribution >= 0.6 is 19.3 Å². The molecular formula is C9H17ClNO5P. The van der Waals surface area contributed by atoms with Crippen LogP contribution in [0.2, 0.25) is 0 Å². The molecule has 100 valence electrons. The van der Waals surface area contributed by atoms with E-state index < -0.39 is 19.4 Å². The predicted molar refractivity (Wildman–Crippen MR) is 62.9 cm³/mol. The van der Waals surface area contributed by atoms with Gasteiger partial charge in [-0.2, -0.15) is 0 Å². The van der Waals surface area contributed by atoms with E-state index in [2.05, 4.69) is 0 Å². The molecule has 1 rings (SSSR count). The number of hydrogen-bond donors (Lipinski definition) is 0. The highest BCUT2D eigenvalue weighted by molar-refractivity contribution is 7.52. The number of halogens is 1. The molecule has 0 saturated carbocycles. The summed E-state index contributed by atoms with van der Waals surface area (Å²) in [7, 11) is -3.70. The molecule has 1 unspecified atom stereocenters. The van der Waals surface area contributed by atoms with E-state index in [1.807, 2.05) is 0 Å². The number of ether oxygens (including phenoxy) is 1. The second-order valence-corrected chi connectivity index (χ2v) is 6.48. The molecule has 1 aliphatic rings. The van der Waals surface area contributed by atoms with E-state index in [4.69, 9.17) is 25.4 Å². The summed E-state index contributed by atoms with van der Waals surface area (Å²) in [4.78, 5) is 11.5. The van der Waals surface area contributed by atoms with Gasteiger partial charge in [-0.15, -0.1) is 0 Å². The minimum absolute atomic E-state index is 0.0168. The Hall–Kier alpha value is -0.290. The zero-order chi connectivity index (χ0) is 13.2. The van der Waals surface area contributed by atoms with Crippen LogP contribution in [0, 0.1) is 0 Å². The van der Waals surface area contributed by atoms with Crippen molar-refractivity contribution in [3.05, 3.63) is 0 Å². The third-order valence-corrected chi connectivity index (χ3v) is 4.26. The summed E-state index contributed by atoms with van der Waals surface area (Å²) in [6.07, 6.45) is -1.47. The van der Waals surface area contributed by atoms with Crippen LogP contribution < -0.4 is 0 Å². The van der Waals surface area contributed by atoms with Crippen molar-refractivity contribution >= 4 is 25.4 Å². The second-order valence-electron chi connectivity index (χ2n) is 4.15. The molecule has 0 aromatic rings. The van der Waals surface area contributed by atoms with Crippen molar-refractivity contribution in [1.82, 2.24) is 4.67 Å². The summed E-state index contributed by atoms with van der Waals surface area (Å²) in [6, 6.07) is 0. The molecule has 1 amide bonds. The van der Waals surface area contributed by atoms with Crippen LogP contribution in [0.4, 0.5) is 4.79 Å². The van der Waals surface area contributed by atoms with Gasteiger partial charge in [0.25, 0.3) is 0 Å². The van der Waals surface area contributed by atoms with Gasteiger partial charge in [0.05, 0.1) is 18.8 Å². The minimum Gasteiger partial charge on any atom is -0.427 e. The summed E-state index contributed by atoms with van der Waals surface area (Å²) in [5.74, 6) is 0. The molecule has 8 heteroatoms. The van der Waals surface area contributed by atoms with Gasteiger partial charge in [-0.25, -0.2) is 14.0 Å². The number of nitrogens with zero attached hydrogens (tertiary/aromatic N) is 1. The Morgan fingerprint density at radius 2 is 1.82 bits per heavy atom. The molecule has 0 N–H and O–H groups in total. The maximum Gasteiger partial charge on any atom is 0.440 e. The zero-order valence-corrected chi connectivity index (χ0v) is 11.9. The second kappa shape index (κ2) is 5.57. The number of hydrogen-bond acceptors (Lipinski definition) is 5. The lowest BCUT2D eigenvalue weighted by Gasteiger charge is -2.27. The molecule has 0 spiro atoms. The molecule has 1 aliphatic heterocycles. The molecule has 0 radical (unpaired) electrons. The van der Waals surface area contributed by atoms with Crippen LogP contribution in [0.3, 0.4) is 0 Å². The summed E-state index contributed by atoms with van der Waals surface area (Å²) in [5, 5.41) is 0. The molecule has 6 nitrogen and oxygen atoms in total. The fourth-order valence-electron chi connectivity index (χ4n) is 1.29. The molecule has 1 fully saturated rings. The van der Waals surface area contributed by atoms with Crippen LogP contribution in [0.15, 0.2) is 0 Å². The van der Waals surface area contributed by atoms with Gasteiger partial charge in [0, 0.05) is 0 Å². The summed E-state index contributed by atoms with van der Waals surface area (Å²) >= 11 is 5.66. The smallest absolute Gasteiger partial charge is 0.427 e. The number of amides is 1. The van der Waals surface area contributed by atoms with E-state index in [1.54, 1.807) is 27.7 Å². The molecule has 0 aromatic carbocycles. The average molecular weight is 286 g/mol. The van der Waals surface area contributed by atoms with E-state index in [0.717, 1.165) is 4.67 Å². The lowest BCUT2D eigenvalue weighted by molar-refractivity contribution is 0.110. The molecule has 1 saturated heterocycles. The maximum absolute atomic E-state index is 12.5. The minimum atomic E-state index is -3.70. The number of carbonyl (C=O) groups excluding carboxylic acids is 1. The molecule has 0 bridgehead atoms. The Balaban J connectivity index is 2.90. The van der Waals surface area contributed by atoms with E-state index in [-0.39, 0.29) is 18.8 Å². The van der Waals surface area contributed by atoms with E-state index in [0.29, 0.717) is 0 Å². The molecule has 17 heavy (non-hydrogen) atoms. The van der Waals surface area contributed by atoms with Gasteiger partial charge in [0.2, 0.25) is 0 Å². The van der Waals surface area contributed by atoms with Crippen LogP contribution in [0.25, 0.3) is 0 Å². The van der Waals surface area contributed by atoms with Crippen molar-refractivity contribution in [2.75, 3.05) is 6.54 Å². The van der Waals surface area contributed by atoms with Crippen molar-refractivity contribution in [1.29, 1.82) is 0 Å². The van der Waals surface area contributed by atoms with Gasteiger partial charge in [-0.1, -0.05) is 11.6 Å². The number of carbonyl (C=O) groups is 1. The first kappa shape index (κ1) is 14.8. The van der Waals surface area contributed by atoms with E-state index in [9.17, 15) is 9.36 Å². The van der Waals surface area contributed by atoms with Crippen molar-refractivity contribution in [3.63, 3.8) is 0 Å². The van der Waals surface area contributed by atoms with Crippen molar-refractivity contribution in [2.45, 2.75) is 45.5 Å². The lowest BCUT2D eigenvalue weighted by atomic mass is 10.5. The molecule has 1 atom stereocenters. The van der Waals surface area contributed by atoms with Gasteiger partial charge in [0.15, 0.2) is 5.56 Å². The molecule has 1 heterocycles. The van der Waals surface area contributed by atoms with E-state index >= 15 is 0 Å². The number of rotatable bonds is 5. The standard InChI is InChI=1S/C9H17ClNO5P/c1-6(2)15-17(13,16-7(3)4)11-5-8(10)14-9(11)12/h6-8H,5H2,1-4H3. The van der Waals surface area contributed by atoms with E-state index in [1.165, 1.54) is 0 Å². The lowest BCUT2D eigenvalue weighted by Crippen LogP contribution is -2.27. The summed E-state index contributed by atoms with van der Waals surface area (Å²) < 4.78 is 28.6. The Bertz CT molecular complexity index is 321. The first-order valence-electron chi connectivity index (χ1n) is 5.34. The largest absolute Gasteiger partial charge is 0.440 e. The SMILES string of the molecule is CC(C)OP(=O)(OC(C)C)N1CC(Cl)OC1=O. The Morgan fingerprint density at radius 1 is 1.35 bits per heavy atom. The molecule has 0 aromatic heterocycles. The topological polar surface area (TPSA) is 65.1 Å². The van der Waals surface area contributed by atoms with Crippen LogP contribution in [-0.4, -0.2) is 35.1 Å². The first-order valence-corrected chi connectivity index (χ1v) is 7.27. The van der Waals surface area contributed by atoms with Crippen LogP contribution in [0.5, 0.6) is 0 Å². The van der Waals surface area contributed by atoms with Gasteiger partial charge < -0.3 is 4.74 Å². The average Bonchev–Trinajstić information content (AvgIpc) is 2.42. The van der Waals surface area contributed by atoms with Gasteiger partial charge in [-0.05, 0) is 27.7 Å². The maximum atomic E-state index is 12.5. The third-order valence-electron chi connectivity index (χ3n) is 1.74. The van der Waals surface area contributed by atoms with Crippen molar-refractivity contribution < 1.29 is 23.1 Å². The quantitative estimate of drug-likeness (QED) is 0.574. The highest BCUT2D eigenvalue weighted by atomic mass is 35.5. The highest BCUT2D eigenvalue weighted by Crippen LogP contribution is 2.55. The van der Waals surface area contributed by atoms with Gasteiger partial charge >= 0.3 is 13.8 Å². The van der Waals surface area contributed by atoms with Crippen molar-refractivity contribution in [2.24, 2.45) is 0 Å². The fraction of sp³-hybridized carbons (Fsp3) is 0.889. The van der Waals surface area contributed by atoms with Gasteiger partial charge in [0.1, 0.15) is 0 Å². The van der Waals surface area contributed by atoms with Gasteiger partial charge in [-0.3, -0.25) is 9.05 Å². The summed E-state index contributed by atoms with van der Waals surface area (Å²) in [5.41, 5.74) is -0.831. The third kappa shape index (κ3) is 3.85. The van der Waals surface area contributed by atoms with Crippen molar-refractivity contribution in [3.8, 4) is 0 Å². The number of cyclic esters (lactones) is 1. The summed E-state index contributed by atoms with van der Waals surface area (Å²) in [6.45, 7) is 6.80. The highest BCUT2D eigenvalue weighted by Gasteiger charge is 2.46. The Kier molecular flexibility index (Phi) is 4.84. The van der Waals surface area contributed by atoms with Crippen LogP contribution in [0.1, 0.15) is 27.7 Å². The monoisotopic (exact) mass is 285 g/mol. The number of alkyl halides is 1. The predicted octanol–water partition coefficient (Wildman–Crippen LogP) is 2.96. The molecule has 0 aliphatic carbocycles. The normalized spacial score (nSPS) is 21.5. The first-order chi connectivity index (χ1) is 7.74. The van der Waals surface area contributed by atoms with Crippen LogP contribution in [-0.2, 0) is 18.3 Å².